The van der Waals surface area contributed by atoms with Gasteiger partial charge >= 0.3 is 120 Å². The van der Waals surface area contributed by atoms with Crippen molar-refractivity contribution in [2.24, 2.45) is 0 Å². The molecule has 98 valence electrons. The van der Waals surface area contributed by atoms with Gasteiger partial charge in [-0.25, -0.2) is 0 Å². The van der Waals surface area contributed by atoms with E-state index in [1.807, 2.05) is 18.2 Å². The third-order valence-electron chi connectivity index (χ3n) is 2.63. The first kappa shape index (κ1) is 15.6. The van der Waals surface area contributed by atoms with Crippen LogP contribution < -0.4 is 0 Å². The van der Waals surface area contributed by atoms with E-state index in [1.165, 1.54) is 12.8 Å². The molecular weight excluding hydrogens is 281 g/mol. The van der Waals surface area contributed by atoms with Crippen LogP contribution in [0.2, 0.25) is 0 Å². The second kappa shape index (κ2) is 9.48. The standard InChI is InChI=1S/C15H20NP.Fe/c1-14(2)16(17)13-9-4-3-6-10-15-11-7-5-8-12-15;/h5,7-8,11-12,14H,3-4,9,13H2,1-2H3;. The van der Waals surface area contributed by atoms with Gasteiger partial charge in [-0.3, -0.25) is 0 Å². The van der Waals surface area contributed by atoms with Crippen LogP contribution >= 0.6 is 6.98 Å². The Morgan fingerprint density at radius 2 is 1.94 bits per heavy atom. The van der Waals surface area contributed by atoms with Gasteiger partial charge < -0.3 is 0 Å². The molecule has 0 saturated heterocycles. The Morgan fingerprint density at radius 1 is 1.22 bits per heavy atom. The van der Waals surface area contributed by atoms with Gasteiger partial charge in [-0.1, -0.05) is 0 Å². The molecule has 1 aromatic carbocycles. The van der Waals surface area contributed by atoms with E-state index in [-0.39, 0.29) is 0 Å². The summed E-state index contributed by atoms with van der Waals surface area (Å²) in [6.07, 6.45) is 3.34. The summed E-state index contributed by atoms with van der Waals surface area (Å²) in [6, 6.07) is 10.8. The van der Waals surface area contributed by atoms with Gasteiger partial charge in [0, 0.05) is 0 Å². The van der Waals surface area contributed by atoms with Gasteiger partial charge in [-0.05, 0) is 0 Å². The maximum absolute atomic E-state index is 3.93. The van der Waals surface area contributed by atoms with Gasteiger partial charge in [-0.15, -0.1) is 0 Å². The van der Waals surface area contributed by atoms with Crippen molar-refractivity contribution in [3.8, 4) is 11.8 Å². The number of nitrogens with zero attached hydrogens (tertiary/aromatic N) is 1. The van der Waals surface area contributed by atoms with Crippen LogP contribution in [0.1, 0.15) is 38.7 Å². The Morgan fingerprint density at radius 3 is 2.56 bits per heavy atom. The first-order chi connectivity index (χ1) is 8.74. The Labute approximate surface area is 120 Å². The third-order valence-corrected chi connectivity index (χ3v) is 4.33. The van der Waals surface area contributed by atoms with Crippen molar-refractivity contribution in [1.29, 1.82) is 0 Å². The number of hydrogen-bond donors (Lipinski definition) is 0. The second-order valence-electron chi connectivity index (χ2n) is 4.45. The summed E-state index contributed by atoms with van der Waals surface area (Å²) in [4.78, 5) is 0. The monoisotopic (exact) mass is 301 g/mol. The zero-order chi connectivity index (χ0) is 13.2. The Kier molecular flexibility index (Phi) is 8.23. The van der Waals surface area contributed by atoms with E-state index in [0.717, 1.165) is 25.5 Å². The topological polar surface area (TPSA) is 3.24 Å². The van der Waals surface area contributed by atoms with Crippen molar-refractivity contribution in [3.63, 3.8) is 0 Å². The van der Waals surface area contributed by atoms with E-state index < -0.39 is 0 Å². The van der Waals surface area contributed by atoms with E-state index in [1.54, 1.807) is 0 Å². The van der Waals surface area contributed by atoms with Crippen molar-refractivity contribution >= 4 is 6.98 Å². The molecule has 0 amide bonds. The van der Waals surface area contributed by atoms with Gasteiger partial charge in [0.15, 0.2) is 0 Å². The SMILES string of the molecule is CC(C)N(CCCCC#Cc1ccccc1)[P]=[Fe]. The molecule has 0 unspecified atom stereocenters. The predicted octanol–water partition coefficient (Wildman–Crippen LogP) is 4.24. The molecule has 0 aliphatic rings. The summed E-state index contributed by atoms with van der Waals surface area (Å²) in [5.41, 5.74) is 1.11. The Hall–Kier alpha value is -0.441. The molecule has 0 aliphatic heterocycles. The van der Waals surface area contributed by atoms with Crippen molar-refractivity contribution in [1.82, 2.24) is 4.67 Å². The van der Waals surface area contributed by atoms with E-state index in [0.29, 0.717) is 6.04 Å². The van der Waals surface area contributed by atoms with Gasteiger partial charge in [0.2, 0.25) is 0 Å². The molecule has 0 N–H and O–H groups in total. The quantitative estimate of drug-likeness (QED) is 0.329. The van der Waals surface area contributed by atoms with Gasteiger partial charge in [0.1, 0.15) is 0 Å². The fourth-order valence-corrected chi connectivity index (χ4v) is 3.02. The molecule has 1 aromatic rings. The summed E-state index contributed by atoms with van der Waals surface area (Å²) in [5.74, 6) is 6.43. The molecule has 3 heteroatoms. The zero-order valence-corrected chi connectivity index (χ0v) is 13.0. The predicted molar refractivity (Wildman–Crippen MR) is 75.9 cm³/mol. The van der Waals surface area contributed by atoms with Crippen LogP contribution in [-0.4, -0.2) is 17.3 Å². The molecular formula is C15H20FeNP. The van der Waals surface area contributed by atoms with Crippen LogP contribution in [0.3, 0.4) is 0 Å². The summed E-state index contributed by atoms with van der Waals surface area (Å²) >= 11 is 3.93. The van der Waals surface area contributed by atoms with Gasteiger partial charge in [0.25, 0.3) is 0 Å². The van der Waals surface area contributed by atoms with Crippen LogP contribution in [0.4, 0.5) is 0 Å². The number of unbranched alkanes of at least 4 members (excludes halogenated alkanes) is 2. The van der Waals surface area contributed by atoms with E-state index in [4.69, 9.17) is 0 Å². The van der Waals surface area contributed by atoms with Gasteiger partial charge in [-0.2, -0.15) is 0 Å². The van der Waals surface area contributed by atoms with Crippen LogP contribution in [0, 0.1) is 11.8 Å². The zero-order valence-electron chi connectivity index (χ0n) is 11.0. The fraction of sp³-hybridized carbons (Fsp3) is 0.467. The molecule has 0 aliphatic carbocycles. The molecule has 0 atom stereocenters. The van der Waals surface area contributed by atoms with E-state index >= 15 is 0 Å². The minimum atomic E-state index is 0.583. The summed E-state index contributed by atoms with van der Waals surface area (Å²) in [6.45, 7) is 6.68. The molecule has 0 radical (unpaired) electrons. The number of hydrogen-bond acceptors (Lipinski definition) is 1. The normalized spacial score (nSPS) is 10.7. The first-order valence-electron chi connectivity index (χ1n) is 6.35. The van der Waals surface area contributed by atoms with E-state index in [9.17, 15) is 0 Å². The van der Waals surface area contributed by atoms with Crippen molar-refractivity contribution in [2.75, 3.05) is 6.54 Å². The van der Waals surface area contributed by atoms with Crippen molar-refractivity contribution in [2.45, 2.75) is 39.2 Å². The summed E-state index contributed by atoms with van der Waals surface area (Å²) in [7, 11) is 0. The van der Waals surface area contributed by atoms with Gasteiger partial charge in [0.05, 0.1) is 0 Å². The second-order valence-corrected chi connectivity index (χ2v) is 5.77. The fourth-order valence-electron chi connectivity index (χ4n) is 1.55. The molecule has 0 bridgehead atoms. The molecule has 18 heavy (non-hydrogen) atoms. The number of rotatable bonds is 6. The average Bonchev–Trinajstić information content (AvgIpc) is 2.38. The van der Waals surface area contributed by atoms with Crippen molar-refractivity contribution in [3.05, 3.63) is 35.9 Å². The molecule has 0 aromatic heterocycles. The van der Waals surface area contributed by atoms with Crippen LogP contribution in [0.5, 0.6) is 0 Å². The average molecular weight is 301 g/mol. The van der Waals surface area contributed by atoms with Crippen molar-refractivity contribution < 1.29 is 15.1 Å². The van der Waals surface area contributed by atoms with Crippen LogP contribution in [0.15, 0.2) is 30.3 Å². The minimum absolute atomic E-state index is 0.583. The molecule has 0 heterocycles. The molecule has 1 nitrogen and oxygen atoms in total. The number of benzene rings is 1. The van der Waals surface area contributed by atoms with E-state index in [2.05, 4.69) is 57.6 Å². The Balaban J connectivity index is 2.20. The summed E-state index contributed by atoms with van der Waals surface area (Å²) in [5, 5.41) is 0. The van der Waals surface area contributed by atoms with Crippen LogP contribution in [-0.2, 0) is 15.1 Å². The Bertz CT molecular complexity index is 405. The third kappa shape index (κ3) is 6.48. The maximum atomic E-state index is 3.93. The molecule has 1 rings (SSSR count). The first-order valence-corrected chi connectivity index (χ1v) is 8.55. The molecule has 0 fully saturated rings. The summed E-state index contributed by atoms with van der Waals surface area (Å²) < 4.78 is 2.37. The molecule has 0 spiro atoms. The molecule has 0 saturated carbocycles. The van der Waals surface area contributed by atoms with Crippen LogP contribution in [0.25, 0.3) is 0 Å².